The molecule has 4 aliphatic heterocycles. The Morgan fingerprint density at radius 3 is 2.69 bits per heavy atom. The number of amides is 2. The van der Waals surface area contributed by atoms with Gasteiger partial charge in [-0.2, -0.15) is 0 Å². The van der Waals surface area contributed by atoms with E-state index in [1.807, 2.05) is 36.4 Å². The van der Waals surface area contributed by atoms with E-state index < -0.39 is 22.6 Å². The zero-order valence-electron chi connectivity index (χ0n) is 19.7. The second-order valence-electron chi connectivity index (χ2n) is 9.24. The number of aliphatic hydroxyl groups excluding tert-OH is 1. The van der Waals surface area contributed by atoms with E-state index in [1.54, 1.807) is 29.0 Å². The molecule has 0 aromatic heterocycles. The van der Waals surface area contributed by atoms with Crippen molar-refractivity contribution < 1.29 is 29.0 Å². The predicted octanol–water partition coefficient (Wildman–Crippen LogP) is 2.17. The highest BCUT2D eigenvalue weighted by atomic mass is 32.2. The Kier molecular flexibility index (Phi) is 6.63. The molecule has 9 heteroatoms. The zero-order valence-corrected chi connectivity index (χ0v) is 20.5. The number of esters is 1. The summed E-state index contributed by atoms with van der Waals surface area (Å²) in [6.45, 7) is 1.02. The number of unbranched alkanes of at least 4 members (excludes halogenated alkanes) is 1. The molecule has 1 aromatic carbocycles. The van der Waals surface area contributed by atoms with Crippen LogP contribution in [0.1, 0.15) is 19.3 Å². The lowest BCUT2D eigenvalue weighted by Gasteiger charge is -2.35. The quantitative estimate of drug-likeness (QED) is 0.365. The van der Waals surface area contributed by atoms with E-state index in [9.17, 15) is 19.5 Å². The molecule has 4 aliphatic rings. The number of benzene rings is 1. The smallest absolute Gasteiger partial charge is 0.311 e. The van der Waals surface area contributed by atoms with Crippen LogP contribution in [0.15, 0.2) is 48.6 Å². The molecule has 0 saturated carbocycles. The highest BCUT2D eigenvalue weighted by molar-refractivity contribution is 8.02. The molecule has 2 fully saturated rings. The van der Waals surface area contributed by atoms with Crippen LogP contribution in [0.2, 0.25) is 0 Å². The number of thioether (sulfide) groups is 1. The fourth-order valence-corrected chi connectivity index (χ4v) is 7.74. The number of carbonyl (C=O) groups is 3. The highest BCUT2D eigenvalue weighted by Crippen LogP contribution is 2.60. The Morgan fingerprint density at radius 1 is 1.14 bits per heavy atom. The number of anilines is 1. The summed E-state index contributed by atoms with van der Waals surface area (Å²) in [5.41, 5.74) is 0.719. The number of hydrogen-bond donors (Lipinski definition) is 1. The zero-order chi connectivity index (χ0) is 24.6. The number of aliphatic hydroxyl groups is 1. The van der Waals surface area contributed by atoms with Gasteiger partial charge in [0.1, 0.15) is 11.8 Å². The number of cyclic esters (lactones) is 1. The summed E-state index contributed by atoms with van der Waals surface area (Å²) in [6, 6.07) is 6.54. The second kappa shape index (κ2) is 9.70. The number of likely N-dealkylation sites (tertiary alicyclic amines) is 1. The molecule has 1 aromatic rings. The van der Waals surface area contributed by atoms with Crippen molar-refractivity contribution in [3.63, 3.8) is 0 Å². The molecule has 1 spiro atoms. The van der Waals surface area contributed by atoms with E-state index >= 15 is 0 Å². The topological polar surface area (TPSA) is 96.4 Å². The summed E-state index contributed by atoms with van der Waals surface area (Å²) < 4.78 is 9.89. The molecule has 186 valence electrons. The third-order valence-electron chi connectivity index (χ3n) is 7.31. The minimum Gasteiger partial charge on any atom is -0.497 e. The second-order valence-corrected chi connectivity index (χ2v) is 10.7. The molecule has 1 N–H and O–H groups in total. The van der Waals surface area contributed by atoms with Crippen molar-refractivity contribution >= 4 is 35.2 Å². The van der Waals surface area contributed by atoms with Gasteiger partial charge in [-0.25, -0.2) is 0 Å². The van der Waals surface area contributed by atoms with E-state index in [0.29, 0.717) is 44.7 Å². The lowest BCUT2D eigenvalue weighted by atomic mass is 9.78. The van der Waals surface area contributed by atoms with Gasteiger partial charge in [-0.15, -0.1) is 11.8 Å². The Balaban J connectivity index is 1.57. The number of carbonyl (C=O) groups excluding carboxylic acids is 3. The van der Waals surface area contributed by atoms with Gasteiger partial charge in [0, 0.05) is 30.6 Å². The van der Waals surface area contributed by atoms with Crippen LogP contribution in [-0.2, 0) is 19.1 Å². The fourth-order valence-electron chi connectivity index (χ4n) is 5.73. The maximum absolute atomic E-state index is 14.2. The van der Waals surface area contributed by atoms with Crippen LogP contribution in [0.3, 0.4) is 0 Å². The Hall–Kier alpha value is -2.78. The summed E-state index contributed by atoms with van der Waals surface area (Å²) >= 11 is 1.54. The first-order valence-corrected chi connectivity index (χ1v) is 13.0. The first kappa shape index (κ1) is 23.9. The molecular formula is C26H30N2O6S. The van der Waals surface area contributed by atoms with Crippen molar-refractivity contribution in [2.75, 3.05) is 38.3 Å². The lowest BCUT2D eigenvalue weighted by molar-refractivity contribution is -0.153. The molecule has 2 saturated heterocycles. The Morgan fingerprint density at radius 2 is 1.94 bits per heavy atom. The SMILES string of the molecule is COc1ccc(N2CC=C[C@]34S[C@@H]5C=CCCOC(=O)[C@@H]5[C@H]3C(=O)N(CCCCO)C4C2=O)cc1. The standard InChI is InChI=1S/C26H30N2O6S/c1-33-18-10-8-17(9-11-18)27-14-6-12-26-21(20-19(35-26)7-2-5-16-34-25(20)32)23(30)28(13-3-4-15-29)22(26)24(27)31/h2,6-12,19-22,29H,3-5,13-16H2,1H3/t19-,20+,21+,22?,26+/m1/s1. The van der Waals surface area contributed by atoms with Crippen molar-refractivity contribution in [1.29, 1.82) is 0 Å². The maximum Gasteiger partial charge on any atom is 0.311 e. The molecule has 5 atom stereocenters. The van der Waals surface area contributed by atoms with Crippen LogP contribution in [0.4, 0.5) is 5.69 Å². The van der Waals surface area contributed by atoms with Gasteiger partial charge >= 0.3 is 5.97 Å². The van der Waals surface area contributed by atoms with E-state index in [2.05, 4.69) is 0 Å². The van der Waals surface area contributed by atoms with Crippen molar-refractivity contribution in [2.45, 2.75) is 35.3 Å². The van der Waals surface area contributed by atoms with Crippen LogP contribution in [-0.4, -0.2) is 77.2 Å². The van der Waals surface area contributed by atoms with Crippen LogP contribution in [0.25, 0.3) is 0 Å². The molecule has 0 aliphatic carbocycles. The normalized spacial score (nSPS) is 31.9. The molecule has 0 bridgehead atoms. The largest absolute Gasteiger partial charge is 0.497 e. The molecule has 5 rings (SSSR count). The minimum absolute atomic E-state index is 0.0175. The van der Waals surface area contributed by atoms with Crippen molar-refractivity contribution in [1.82, 2.24) is 4.90 Å². The average Bonchev–Trinajstić information content (AvgIpc) is 3.23. The maximum atomic E-state index is 14.2. The highest BCUT2D eigenvalue weighted by Gasteiger charge is 2.70. The van der Waals surface area contributed by atoms with Gasteiger partial charge in [0.2, 0.25) is 5.91 Å². The van der Waals surface area contributed by atoms with Gasteiger partial charge in [-0.1, -0.05) is 24.3 Å². The molecule has 2 amide bonds. The van der Waals surface area contributed by atoms with Crippen LogP contribution in [0, 0.1) is 11.8 Å². The summed E-state index contributed by atoms with van der Waals surface area (Å²) in [4.78, 5) is 44.5. The van der Waals surface area contributed by atoms with Crippen molar-refractivity contribution in [3.05, 3.63) is 48.6 Å². The van der Waals surface area contributed by atoms with Gasteiger partial charge in [-0.3, -0.25) is 14.4 Å². The Labute approximate surface area is 208 Å². The average molecular weight is 499 g/mol. The number of ether oxygens (including phenoxy) is 2. The van der Waals surface area contributed by atoms with Gasteiger partial charge < -0.3 is 24.4 Å². The summed E-state index contributed by atoms with van der Waals surface area (Å²) in [6.07, 6.45) is 9.68. The van der Waals surface area contributed by atoms with Crippen LogP contribution < -0.4 is 9.64 Å². The molecule has 35 heavy (non-hydrogen) atoms. The van der Waals surface area contributed by atoms with E-state index in [-0.39, 0.29) is 29.6 Å². The van der Waals surface area contributed by atoms with Gasteiger partial charge in [0.15, 0.2) is 0 Å². The molecule has 0 radical (unpaired) electrons. The van der Waals surface area contributed by atoms with E-state index in [1.165, 1.54) is 11.8 Å². The monoisotopic (exact) mass is 498 g/mol. The van der Waals surface area contributed by atoms with Crippen LogP contribution in [0.5, 0.6) is 5.75 Å². The van der Waals surface area contributed by atoms with Crippen LogP contribution >= 0.6 is 11.8 Å². The first-order valence-electron chi connectivity index (χ1n) is 12.1. The third kappa shape index (κ3) is 3.94. The van der Waals surface area contributed by atoms with Gasteiger partial charge in [-0.05, 0) is 43.5 Å². The number of fused-ring (bicyclic) bond motifs is 2. The Bertz CT molecular complexity index is 1060. The summed E-state index contributed by atoms with van der Waals surface area (Å²) in [5.74, 6) is -1.34. The van der Waals surface area contributed by atoms with E-state index in [4.69, 9.17) is 9.47 Å². The number of rotatable bonds is 6. The third-order valence-corrected chi connectivity index (χ3v) is 9.06. The van der Waals surface area contributed by atoms with Gasteiger partial charge in [0.25, 0.3) is 5.91 Å². The van der Waals surface area contributed by atoms with Crippen molar-refractivity contribution in [2.24, 2.45) is 11.8 Å². The summed E-state index contributed by atoms with van der Waals surface area (Å²) in [7, 11) is 1.59. The number of nitrogens with zero attached hydrogens (tertiary/aromatic N) is 2. The molecule has 4 heterocycles. The molecular weight excluding hydrogens is 468 g/mol. The van der Waals surface area contributed by atoms with Crippen molar-refractivity contribution in [3.8, 4) is 5.75 Å². The molecule has 1 unspecified atom stereocenters. The summed E-state index contributed by atoms with van der Waals surface area (Å²) in [5, 5.41) is 9.07. The first-order chi connectivity index (χ1) is 17.0. The predicted molar refractivity (Wildman–Crippen MR) is 132 cm³/mol. The molecule has 8 nitrogen and oxygen atoms in total. The van der Waals surface area contributed by atoms with Gasteiger partial charge in [0.05, 0.1) is 30.3 Å². The lowest BCUT2D eigenvalue weighted by Crippen LogP contribution is -2.53. The fraction of sp³-hybridized carbons (Fsp3) is 0.500. The number of hydrogen-bond acceptors (Lipinski definition) is 7. The van der Waals surface area contributed by atoms with E-state index in [0.717, 1.165) is 5.69 Å². The minimum atomic E-state index is -0.863. The number of methoxy groups -OCH3 is 1.